The van der Waals surface area contributed by atoms with Crippen molar-refractivity contribution < 1.29 is 9.32 Å². The first-order valence-electron chi connectivity index (χ1n) is 9.22. The van der Waals surface area contributed by atoms with Gasteiger partial charge >= 0.3 is 0 Å². The van der Waals surface area contributed by atoms with Crippen LogP contribution in [0.1, 0.15) is 55.9 Å². The van der Waals surface area contributed by atoms with Crippen LogP contribution in [0.2, 0.25) is 0 Å². The van der Waals surface area contributed by atoms with Crippen LogP contribution in [0.5, 0.6) is 0 Å². The summed E-state index contributed by atoms with van der Waals surface area (Å²) in [4.78, 5) is 25.4. The maximum absolute atomic E-state index is 12.7. The van der Waals surface area contributed by atoms with Gasteiger partial charge in [-0.25, -0.2) is 0 Å². The van der Waals surface area contributed by atoms with Crippen molar-refractivity contribution in [2.75, 3.05) is 26.7 Å². The van der Waals surface area contributed by atoms with E-state index in [0.717, 1.165) is 30.9 Å². The molecule has 2 aromatic heterocycles. The highest BCUT2D eigenvalue weighted by atomic mass is 16.5. The average Bonchev–Trinajstić information content (AvgIpc) is 3.13. The maximum atomic E-state index is 12.7. The lowest BCUT2D eigenvalue weighted by atomic mass is 9.98. The number of carbonyl (C=O) groups is 1. The Bertz CT molecular complexity index is 716. The molecule has 0 radical (unpaired) electrons. The van der Waals surface area contributed by atoms with E-state index in [0.29, 0.717) is 25.5 Å². The highest BCUT2D eigenvalue weighted by Crippen LogP contribution is 2.26. The quantitative estimate of drug-likeness (QED) is 0.790. The molecule has 3 rings (SSSR count). The lowest BCUT2D eigenvalue weighted by Crippen LogP contribution is -2.43. The van der Waals surface area contributed by atoms with Crippen LogP contribution in [0.15, 0.2) is 28.9 Å². The van der Waals surface area contributed by atoms with Crippen LogP contribution in [0, 0.1) is 0 Å². The second-order valence-corrected chi connectivity index (χ2v) is 7.32. The van der Waals surface area contributed by atoms with E-state index < -0.39 is 0 Å². The molecule has 7 heteroatoms. The SMILES string of the molecule is CC(C)c1noc([C@H]2CCCN(C(=O)CN(C)Cc3ccccn3)C2)n1. The molecule has 26 heavy (non-hydrogen) atoms. The van der Waals surface area contributed by atoms with Crippen molar-refractivity contribution >= 4 is 5.91 Å². The number of aromatic nitrogens is 3. The monoisotopic (exact) mass is 357 g/mol. The largest absolute Gasteiger partial charge is 0.341 e. The fraction of sp³-hybridized carbons (Fsp3) is 0.579. The highest BCUT2D eigenvalue weighted by molar-refractivity contribution is 5.78. The van der Waals surface area contributed by atoms with E-state index in [-0.39, 0.29) is 17.7 Å². The molecule has 7 nitrogen and oxygen atoms in total. The molecule has 140 valence electrons. The molecule has 0 N–H and O–H groups in total. The number of amides is 1. The number of hydrogen-bond acceptors (Lipinski definition) is 6. The van der Waals surface area contributed by atoms with Crippen molar-refractivity contribution in [3.05, 3.63) is 41.8 Å². The molecule has 1 saturated heterocycles. The van der Waals surface area contributed by atoms with Gasteiger partial charge in [-0.1, -0.05) is 25.1 Å². The maximum Gasteiger partial charge on any atom is 0.236 e. The Kier molecular flexibility index (Phi) is 5.98. The van der Waals surface area contributed by atoms with Crippen LogP contribution in [-0.4, -0.2) is 57.5 Å². The molecule has 0 aromatic carbocycles. The van der Waals surface area contributed by atoms with Gasteiger partial charge in [0, 0.05) is 31.7 Å². The number of pyridine rings is 1. The van der Waals surface area contributed by atoms with Gasteiger partial charge in [-0.3, -0.25) is 14.7 Å². The van der Waals surface area contributed by atoms with E-state index in [4.69, 9.17) is 4.52 Å². The Balaban J connectivity index is 1.55. The first-order valence-corrected chi connectivity index (χ1v) is 9.22. The summed E-state index contributed by atoms with van der Waals surface area (Å²) in [5.41, 5.74) is 0.964. The summed E-state index contributed by atoms with van der Waals surface area (Å²) < 4.78 is 5.44. The van der Waals surface area contributed by atoms with E-state index >= 15 is 0 Å². The third kappa shape index (κ3) is 4.66. The van der Waals surface area contributed by atoms with Crippen LogP contribution < -0.4 is 0 Å². The minimum Gasteiger partial charge on any atom is -0.341 e. The van der Waals surface area contributed by atoms with Gasteiger partial charge in [0.1, 0.15) is 0 Å². The standard InChI is InChI=1S/C19H27N5O2/c1-14(2)18-21-19(26-22-18)15-7-6-10-24(11-15)17(25)13-23(3)12-16-8-4-5-9-20-16/h4-5,8-9,14-15H,6-7,10-13H2,1-3H3/t15-/m0/s1. The van der Waals surface area contributed by atoms with Gasteiger partial charge in [0.05, 0.1) is 18.2 Å². The number of nitrogens with zero attached hydrogens (tertiary/aromatic N) is 5. The van der Waals surface area contributed by atoms with Crippen LogP contribution in [-0.2, 0) is 11.3 Å². The Morgan fingerprint density at radius 3 is 2.96 bits per heavy atom. The van der Waals surface area contributed by atoms with E-state index in [9.17, 15) is 4.79 Å². The van der Waals surface area contributed by atoms with Gasteiger partial charge in [0.25, 0.3) is 0 Å². The average molecular weight is 357 g/mol. The van der Waals surface area contributed by atoms with Gasteiger partial charge < -0.3 is 9.42 Å². The summed E-state index contributed by atoms with van der Waals surface area (Å²) in [7, 11) is 1.95. The Labute approximate surface area is 154 Å². The van der Waals surface area contributed by atoms with Crippen LogP contribution in [0.3, 0.4) is 0 Å². The van der Waals surface area contributed by atoms with Crippen molar-refractivity contribution in [3.8, 4) is 0 Å². The van der Waals surface area contributed by atoms with Gasteiger partial charge in [0.2, 0.25) is 11.8 Å². The first-order chi connectivity index (χ1) is 12.5. The predicted molar refractivity (Wildman–Crippen MR) is 97.5 cm³/mol. The van der Waals surface area contributed by atoms with Crippen molar-refractivity contribution in [2.45, 2.75) is 45.1 Å². The van der Waals surface area contributed by atoms with Gasteiger partial charge in [-0.15, -0.1) is 0 Å². The number of rotatable bonds is 6. The Morgan fingerprint density at radius 2 is 2.27 bits per heavy atom. The van der Waals surface area contributed by atoms with Crippen LogP contribution in [0.4, 0.5) is 0 Å². The van der Waals surface area contributed by atoms with Crippen molar-refractivity contribution in [1.82, 2.24) is 24.9 Å². The molecule has 3 heterocycles. The number of likely N-dealkylation sites (N-methyl/N-ethyl adjacent to an activating group) is 1. The van der Waals surface area contributed by atoms with E-state index in [1.807, 2.05) is 48.9 Å². The van der Waals surface area contributed by atoms with Crippen LogP contribution in [0.25, 0.3) is 0 Å². The molecule has 1 amide bonds. The second kappa shape index (κ2) is 8.40. The van der Waals surface area contributed by atoms with E-state index in [1.54, 1.807) is 6.20 Å². The van der Waals surface area contributed by atoms with Gasteiger partial charge in [0.15, 0.2) is 5.82 Å². The lowest BCUT2D eigenvalue weighted by Gasteiger charge is -2.32. The van der Waals surface area contributed by atoms with Crippen LogP contribution >= 0.6 is 0 Å². The third-order valence-corrected chi connectivity index (χ3v) is 4.66. The molecule has 2 aromatic rings. The topological polar surface area (TPSA) is 75.4 Å². The van der Waals surface area contributed by atoms with Gasteiger partial charge in [-0.2, -0.15) is 4.98 Å². The molecule has 1 aliphatic rings. The van der Waals surface area contributed by atoms with Crippen molar-refractivity contribution in [3.63, 3.8) is 0 Å². The third-order valence-electron chi connectivity index (χ3n) is 4.66. The van der Waals surface area contributed by atoms with Gasteiger partial charge in [-0.05, 0) is 32.0 Å². The number of piperidine rings is 1. The van der Waals surface area contributed by atoms with Crippen molar-refractivity contribution in [1.29, 1.82) is 0 Å². The predicted octanol–water partition coefficient (Wildman–Crippen LogP) is 2.43. The lowest BCUT2D eigenvalue weighted by molar-refractivity contribution is -0.133. The molecule has 0 spiro atoms. The number of carbonyl (C=O) groups excluding carboxylic acids is 1. The summed E-state index contributed by atoms with van der Waals surface area (Å²) in [6.07, 6.45) is 3.71. The normalized spacial score (nSPS) is 17.9. The summed E-state index contributed by atoms with van der Waals surface area (Å²) in [5, 5.41) is 4.05. The zero-order valence-corrected chi connectivity index (χ0v) is 15.8. The Morgan fingerprint density at radius 1 is 1.42 bits per heavy atom. The molecular formula is C19H27N5O2. The van der Waals surface area contributed by atoms with Crippen molar-refractivity contribution in [2.24, 2.45) is 0 Å². The number of likely N-dealkylation sites (tertiary alicyclic amines) is 1. The molecule has 0 unspecified atom stereocenters. The number of hydrogen-bond donors (Lipinski definition) is 0. The second-order valence-electron chi connectivity index (χ2n) is 7.32. The minimum atomic E-state index is 0.133. The molecule has 1 atom stereocenters. The smallest absolute Gasteiger partial charge is 0.236 e. The summed E-state index contributed by atoms with van der Waals surface area (Å²) in [6, 6.07) is 5.83. The molecule has 1 aliphatic heterocycles. The Hall–Kier alpha value is -2.28. The molecule has 0 aliphatic carbocycles. The summed E-state index contributed by atoms with van der Waals surface area (Å²) in [6.45, 7) is 6.56. The zero-order valence-electron chi connectivity index (χ0n) is 15.8. The zero-order chi connectivity index (χ0) is 18.5. The summed E-state index contributed by atoms with van der Waals surface area (Å²) in [5.74, 6) is 1.91. The molecular weight excluding hydrogens is 330 g/mol. The fourth-order valence-corrected chi connectivity index (χ4v) is 3.21. The first kappa shape index (κ1) is 18.5. The summed E-state index contributed by atoms with van der Waals surface area (Å²) >= 11 is 0. The highest BCUT2D eigenvalue weighted by Gasteiger charge is 2.29. The molecule has 0 bridgehead atoms. The minimum absolute atomic E-state index is 0.133. The fourth-order valence-electron chi connectivity index (χ4n) is 3.21. The molecule has 1 fully saturated rings. The van der Waals surface area contributed by atoms with E-state index in [1.165, 1.54) is 0 Å². The molecule has 0 saturated carbocycles. The van der Waals surface area contributed by atoms with E-state index in [2.05, 4.69) is 15.1 Å².